The zero-order valence-electron chi connectivity index (χ0n) is 15.9. The Labute approximate surface area is 156 Å². The Morgan fingerprint density at radius 1 is 1.23 bits per heavy atom. The van der Waals surface area contributed by atoms with Crippen molar-refractivity contribution in [3.05, 3.63) is 53.6 Å². The van der Waals surface area contributed by atoms with Crippen molar-refractivity contribution in [1.82, 2.24) is 9.80 Å². The van der Waals surface area contributed by atoms with Crippen molar-refractivity contribution < 1.29 is 9.59 Å². The molecule has 0 bridgehead atoms. The van der Waals surface area contributed by atoms with Gasteiger partial charge in [0, 0.05) is 13.6 Å². The van der Waals surface area contributed by atoms with Crippen LogP contribution in [0.1, 0.15) is 45.1 Å². The minimum absolute atomic E-state index is 0.0875. The number of amides is 2. The molecule has 2 amide bonds. The van der Waals surface area contributed by atoms with E-state index in [4.69, 9.17) is 0 Å². The van der Waals surface area contributed by atoms with Gasteiger partial charge in [-0.15, -0.1) is 0 Å². The SMILES string of the molecule is CC(C)=CC[C@@]12CCCN1C(=O)[C@H](C/C=C/c1ccccc1)N(C)C2=O. The van der Waals surface area contributed by atoms with Gasteiger partial charge in [-0.25, -0.2) is 0 Å². The maximum absolute atomic E-state index is 13.2. The molecule has 2 aliphatic rings. The first-order valence-corrected chi connectivity index (χ1v) is 9.39. The van der Waals surface area contributed by atoms with Gasteiger partial charge in [0.15, 0.2) is 0 Å². The summed E-state index contributed by atoms with van der Waals surface area (Å²) in [6.07, 6.45) is 8.93. The number of likely N-dealkylation sites (N-methyl/N-ethyl adjacent to an activating group) is 1. The molecule has 26 heavy (non-hydrogen) atoms. The van der Waals surface area contributed by atoms with Crippen molar-refractivity contribution in [3.8, 4) is 0 Å². The van der Waals surface area contributed by atoms with E-state index >= 15 is 0 Å². The van der Waals surface area contributed by atoms with E-state index in [2.05, 4.69) is 6.08 Å². The highest BCUT2D eigenvalue weighted by atomic mass is 16.2. The maximum atomic E-state index is 13.2. The predicted octanol–water partition coefficient (Wildman–Crippen LogP) is 3.65. The van der Waals surface area contributed by atoms with Crippen LogP contribution < -0.4 is 0 Å². The van der Waals surface area contributed by atoms with E-state index in [-0.39, 0.29) is 11.8 Å². The van der Waals surface area contributed by atoms with Crippen LogP contribution in [0.15, 0.2) is 48.1 Å². The van der Waals surface area contributed by atoms with Crippen molar-refractivity contribution >= 4 is 17.9 Å². The van der Waals surface area contributed by atoms with Crippen LogP contribution in [0.25, 0.3) is 6.08 Å². The predicted molar refractivity (Wildman–Crippen MR) is 104 cm³/mol. The third-order valence-corrected chi connectivity index (χ3v) is 5.54. The van der Waals surface area contributed by atoms with Crippen molar-refractivity contribution in [1.29, 1.82) is 0 Å². The van der Waals surface area contributed by atoms with E-state index in [9.17, 15) is 9.59 Å². The van der Waals surface area contributed by atoms with Gasteiger partial charge in [-0.3, -0.25) is 9.59 Å². The lowest BCUT2D eigenvalue weighted by molar-refractivity contribution is -0.165. The monoisotopic (exact) mass is 352 g/mol. The molecule has 4 heteroatoms. The van der Waals surface area contributed by atoms with Crippen LogP contribution in [0, 0.1) is 0 Å². The summed E-state index contributed by atoms with van der Waals surface area (Å²) in [6.45, 7) is 4.76. The number of hydrogen-bond acceptors (Lipinski definition) is 2. The van der Waals surface area contributed by atoms with Crippen LogP contribution in [0.4, 0.5) is 0 Å². The first kappa shape index (κ1) is 18.4. The molecule has 2 saturated heterocycles. The normalized spacial score (nSPS) is 25.7. The number of nitrogens with zero attached hydrogens (tertiary/aromatic N) is 2. The fourth-order valence-corrected chi connectivity index (χ4v) is 4.07. The van der Waals surface area contributed by atoms with E-state index in [1.807, 2.05) is 61.2 Å². The average molecular weight is 352 g/mol. The fraction of sp³-hybridized carbons (Fsp3) is 0.455. The van der Waals surface area contributed by atoms with Crippen molar-refractivity contribution in [2.24, 2.45) is 0 Å². The highest BCUT2D eigenvalue weighted by molar-refractivity contribution is 6.00. The number of rotatable bonds is 5. The zero-order valence-corrected chi connectivity index (χ0v) is 15.9. The van der Waals surface area contributed by atoms with Gasteiger partial charge >= 0.3 is 0 Å². The molecule has 2 atom stereocenters. The number of allylic oxidation sites excluding steroid dienone is 1. The van der Waals surface area contributed by atoms with Crippen molar-refractivity contribution in [3.63, 3.8) is 0 Å². The molecule has 2 aliphatic heterocycles. The summed E-state index contributed by atoms with van der Waals surface area (Å²) in [4.78, 5) is 29.9. The van der Waals surface area contributed by atoms with Gasteiger partial charge in [0.25, 0.3) is 0 Å². The second kappa shape index (κ2) is 7.48. The highest BCUT2D eigenvalue weighted by Gasteiger charge is 2.56. The summed E-state index contributed by atoms with van der Waals surface area (Å²) >= 11 is 0. The number of carbonyl (C=O) groups excluding carboxylic acids is 2. The molecule has 0 N–H and O–H groups in total. The largest absolute Gasteiger partial charge is 0.331 e. The third kappa shape index (κ3) is 3.33. The molecule has 0 saturated carbocycles. The van der Waals surface area contributed by atoms with E-state index in [1.165, 1.54) is 5.57 Å². The molecule has 0 spiro atoms. The number of hydrogen-bond donors (Lipinski definition) is 0. The standard InChI is InChI=1S/C22H28N2O2/c1-17(2)13-15-22-14-8-16-24(22)20(25)19(23(3)21(22)26)12-7-11-18-9-5-4-6-10-18/h4-7,9-11,13,19H,8,12,14-16H2,1-3H3/b11-7+/t19-,22+/m0/s1. The van der Waals surface area contributed by atoms with E-state index in [0.717, 1.165) is 18.4 Å². The Kier molecular flexibility index (Phi) is 5.30. The molecule has 1 aromatic rings. The molecular weight excluding hydrogens is 324 g/mol. The van der Waals surface area contributed by atoms with E-state index < -0.39 is 11.6 Å². The summed E-state index contributed by atoms with van der Waals surface area (Å²) in [5.41, 5.74) is 1.62. The molecule has 2 fully saturated rings. The summed E-state index contributed by atoms with van der Waals surface area (Å²) < 4.78 is 0. The average Bonchev–Trinajstić information content (AvgIpc) is 3.07. The van der Waals surface area contributed by atoms with Gasteiger partial charge in [-0.05, 0) is 45.1 Å². The van der Waals surface area contributed by atoms with Crippen LogP contribution in [0.3, 0.4) is 0 Å². The Balaban J connectivity index is 1.79. The molecule has 0 radical (unpaired) electrons. The lowest BCUT2D eigenvalue weighted by atomic mass is 9.85. The molecular formula is C22H28N2O2. The summed E-state index contributed by atoms with van der Waals surface area (Å²) in [6, 6.07) is 9.61. The van der Waals surface area contributed by atoms with Crippen LogP contribution in [0.2, 0.25) is 0 Å². The van der Waals surface area contributed by atoms with Crippen LogP contribution in [-0.2, 0) is 9.59 Å². The summed E-state index contributed by atoms with van der Waals surface area (Å²) in [7, 11) is 1.78. The first-order chi connectivity index (χ1) is 12.5. The molecule has 0 aliphatic carbocycles. The highest BCUT2D eigenvalue weighted by Crippen LogP contribution is 2.39. The van der Waals surface area contributed by atoms with Gasteiger partial charge in [0.05, 0.1) is 0 Å². The van der Waals surface area contributed by atoms with E-state index in [1.54, 1.807) is 11.9 Å². The van der Waals surface area contributed by atoms with Crippen molar-refractivity contribution in [2.45, 2.75) is 51.1 Å². The van der Waals surface area contributed by atoms with Gasteiger partial charge in [-0.2, -0.15) is 0 Å². The number of benzene rings is 1. The Morgan fingerprint density at radius 2 is 1.96 bits per heavy atom. The fourth-order valence-electron chi connectivity index (χ4n) is 4.07. The molecule has 3 rings (SSSR count). The first-order valence-electron chi connectivity index (χ1n) is 9.39. The summed E-state index contributed by atoms with van der Waals surface area (Å²) in [5.74, 6) is 0.176. The topological polar surface area (TPSA) is 40.6 Å². The Morgan fingerprint density at radius 3 is 2.65 bits per heavy atom. The third-order valence-electron chi connectivity index (χ3n) is 5.54. The summed E-state index contributed by atoms with van der Waals surface area (Å²) in [5, 5.41) is 0. The van der Waals surface area contributed by atoms with Gasteiger partial charge in [0.1, 0.15) is 11.6 Å². The van der Waals surface area contributed by atoms with Gasteiger partial charge < -0.3 is 9.80 Å². The maximum Gasteiger partial charge on any atom is 0.249 e. The minimum Gasteiger partial charge on any atom is -0.331 e. The van der Waals surface area contributed by atoms with Gasteiger partial charge in [-0.1, -0.05) is 54.1 Å². The molecule has 0 unspecified atom stereocenters. The van der Waals surface area contributed by atoms with Gasteiger partial charge in [0.2, 0.25) is 11.8 Å². The second-order valence-corrected chi connectivity index (χ2v) is 7.59. The van der Waals surface area contributed by atoms with Crippen LogP contribution >= 0.6 is 0 Å². The van der Waals surface area contributed by atoms with Crippen LogP contribution in [0.5, 0.6) is 0 Å². The quantitative estimate of drug-likeness (QED) is 0.759. The van der Waals surface area contributed by atoms with E-state index in [0.29, 0.717) is 19.4 Å². The second-order valence-electron chi connectivity index (χ2n) is 7.59. The number of piperazine rings is 1. The molecule has 4 nitrogen and oxygen atoms in total. The molecule has 1 aromatic carbocycles. The number of fused-ring (bicyclic) bond motifs is 1. The lowest BCUT2D eigenvalue weighted by Crippen LogP contribution is -2.68. The minimum atomic E-state index is -0.664. The Bertz CT molecular complexity index is 734. The zero-order chi connectivity index (χ0) is 18.7. The molecule has 138 valence electrons. The molecule has 2 heterocycles. The number of carbonyl (C=O) groups is 2. The Hall–Kier alpha value is -2.36. The smallest absolute Gasteiger partial charge is 0.249 e. The van der Waals surface area contributed by atoms with Crippen LogP contribution in [-0.4, -0.2) is 46.8 Å². The molecule has 0 aromatic heterocycles. The lowest BCUT2D eigenvalue weighted by Gasteiger charge is -2.47. The van der Waals surface area contributed by atoms with Crippen molar-refractivity contribution in [2.75, 3.05) is 13.6 Å².